The van der Waals surface area contributed by atoms with Gasteiger partial charge in [0.05, 0.1) is 4.90 Å². The van der Waals surface area contributed by atoms with Gasteiger partial charge in [0.15, 0.2) is 9.84 Å². The molecule has 0 aromatic heterocycles. The molecule has 0 aliphatic carbocycles. The predicted molar refractivity (Wildman–Crippen MR) is 104 cm³/mol. The maximum atomic E-state index is 11.7. The molecule has 0 atom stereocenters. The molecule has 7 heteroatoms. The lowest BCUT2D eigenvalue weighted by atomic mass is 9.74. The first kappa shape index (κ1) is 17.9. The Bertz CT molecular complexity index is 991. The Morgan fingerprint density at radius 3 is 2.30 bits per heavy atom. The molecular formula is C20H22N2O4S. The quantitative estimate of drug-likeness (QED) is 0.828. The lowest BCUT2D eigenvalue weighted by Gasteiger charge is -2.38. The zero-order valence-electron chi connectivity index (χ0n) is 15.1. The normalized spacial score (nSPS) is 18.2. The third-order valence-electron chi connectivity index (χ3n) is 5.82. The molecule has 0 radical (unpaired) electrons. The molecular weight excluding hydrogens is 364 g/mol. The van der Waals surface area contributed by atoms with Crippen molar-refractivity contribution in [2.24, 2.45) is 0 Å². The van der Waals surface area contributed by atoms with Crippen LogP contribution in [0.15, 0.2) is 47.4 Å². The van der Waals surface area contributed by atoms with E-state index in [-0.39, 0.29) is 5.41 Å². The third-order valence-corrected chi connectivity index (χ3v) is 6.94. The van der Waals surface area contributed by atoms with Gasteiger partial charge in [-0.25, -0.2) is 13.2 Å². The number of rotatable bonds is 2. The molecule has 2 aliphatic heterocycles. The Balaban J connectivity index is 1.65. The van der Waals surface area contributed by atoms with Crippen molar-refractivity contribution in [3.63, 3.8) is 0 Å². The maximum absolute atomic E-state index is 11.7. The van der Waals surface area contributed by atoms with Gasteiger partial charge in [0.25, 0.3) is 0 Å². The minimum Gasteiger partial charge on any atom is -0.465 e. The van der Waals surface area contributed by atoms with Gasteiger partial charge in [-0.05, 0) is 53.8 Å². The van der Waals surface area contributed by atoms with E-state index in [2.05, 4.69) is 17.4 Å². The van der Waals surface area contributed by atoms with Gasteiger partial charge in [-0.1, -0.05) is 18.2 Å². The summed E-state index contributed by atoms with van der Waals surface area (Å²) in [5, 5.41) is 12.7. The summed E-state index contributed by atoms with van der Waals surface area (Å²) in [4.78, 5) is 13.0. The van der Waals surface area contributed by atoms with Crippen LogP contribution in [0, 0.1) is 0 Å². The molecule has 0 unspecified atom stereocenters. The second-order valence-electron chi connectivity index (χ2n) is 7.46. The van der Waals surface area contributed by atoms with Crippen molar-refractivity contribution in [1.29, 1.82) is 0 Å². The predicted octanol–water partition coefficient (Wildman–Crippen LogP) is 3.19. The molecule has 1 saturated heterocycles. The van der Waals surface area contributed by atoms with Crippen LogP contribution in [0.5, 0.6) is 0 Å². The average Bonchev–Trinajstić information content (AvgIpc) is 2.99. The molecule has 2 aromatic rings. The summed E-state index contributed by atoms with van der Waals surface area (Å²) in [6.07, 6.45) is 1.96. The molecule has 6 nitrogen and oxygen atoms in total. The summed E-state index contributed by atoms with van der Waals surface area (Å²) < 4.78 is 23.3. The van der Waals surface area contributed by atoms with E-state index in [1.807, 2.05) is 18.2 Å². The molecule has 1 amide bonds. The fourth-order valence-corrected chi connectivity index (χ4v) is 4.77. The van der Waals surface area contributed by atoms with Crippen LogP contribution < -0.4 is 5.32 Å². The minimum absolute atomic E-state index is 0.0377. The third kappa shape index (κ3) is 3.16. The zero-order chi connectivity index (χ0) is 19.2. The Hall–Kier alpha value is -2.54. The molecule has 4 rings (SSSR count). The number of nitrogens with zero attached hydrogens (tertiary/aromatic N) is 1. The minimum atomic E-state index is -3.21. The van der Waals surface area contributed by atoms with Gasteiger partial charge < -0.3 is 15.3 Å². The van der Waals surface area contributed by atoms with E-state index < -0.39 is 15.9 Å². The summed E-state index contributed by atoms with van der Waals surface area (Å²) in [6, 6.07) is 13.2. The van der Waals surface area contributed by atoms with Crippen molar-refractivity contribution >= 4 is 21.6 Å². The molecule has 142 valence electrons. The van der Waals surface area contributed by atoms with E-state index >= 15 is 0 Å². The first-order chi connectivity index (χ1) is 12.8. The Morgan fingerprint density at radius 2 is 1.70 bits per heavy atom. The standard InChI is InChI=1S/C20H22N2O4S/c1-27(25,26)16-5-2-14(3-6-16)15-4-7-18-17(12-15)20(13-21-18)8-10-22(11-9-20)19(23)24/h2-7,12,21H,8-11,13H2,1H3,(H,23,24). The van der Waals surface area contributed by atoms with E-state index in [9.17, 15) is 18.3 Å². The summed E-state index contributed by atoms with van der Waals surface area (Å²) in [5.74, 6) is 0. The summed E-state index contributed by atoms with van der Waals surface area (Å²) in [6.45, 7) is 1.92. The molecule has 0 bridgehead atoms. The molecule has 27 heavy (non-hydrogen) atoms. The smallest absolute Gasteiger partial charge is 0.407 e. The average molecular weight is 386 g/mol. The number of fused-ring (bicyclic) bond motifs is 2. The van der Waals surface area contributed by atoms with E-state index in [1.54, 1.807) is 12.1 Å². The molecule has 1 fully saturated rings. The van der Waals surface area contributed by atoms with Crippen LogP contribution in [0.2, 0.25) is 0 Å². The van der Waals surface area contributed by atoms with Crippen molar-refractivity contribution in [1.82, 2.24) is 4.90 Å². The van der Waals surface area contributed by atoms with E-state index in [4.69, 9.17) is 0 Å². The molecule has 2 heterocycles. The molecule has 2 aromatic carbocycles. The number of benzene rings is 2. The lowest BCUT2D eigenvalue weighted by Crippen LogP contribution is -2.45. The Kier molecular flexibility index (Phi) is 4.14. The summed E-state index contributed by atoms with van der Waals surface area (Å²) in [7, 11) is -3.21. The second kappa shape index (κ2) is 6.27. The number of amides is 1. The maximum Gasteiger partial charge on any atom is 0.407 e. The number of hydrogen-bond acceptors (Lipinski definition) is 4. The van der Waals surface area contributed by atoms with Gasteiger partial charge >= 0.3 is 6.09 Å². The topological polar surface area (TPSA) is 86.7 Å². The SMILES string of the molecule is CS(=O)(=O)c1ccc(-c2ccc3c(c2)C2(CCN(C(=O)O)CC2)CN3)cc1. The monoisotopic (exact) mass is 386 g/mol. The van der Waals surface area contributed by atoms with E-state index in [0.717, 1.165) is 36.2 Å². The number of hydrogen-bond donors (Lipinski definition) is 2. The van der Waals surface area contributed by atoms with Crippen LogP contribution in [-0.4, -0.2) is 50.4 Å². The van der Waals surface area contributed by atoms with Crippen LogP contribution in [0.25, 0.3) is 11.1 Å². The highest BCUT2D eigenvalue weighted by molar-refractivity contribution is 7.90. The number of anilines is 1. The van der Waals surface area contributed by atoms with Gasteiger partial charge in [0, 0.05) is 37.0 Å². The van der Waals surface area contributed by atoms with Gasteiger partial charge in [0.1, 0.15) is 0 Å². The number of carbonyl (C=O) groups is 1. The second-order valence-corrected chi connectivity index (χ2v) is 9.48. The van der Waals surface area contributed by atoms with Gasteiger partial charge in [-0.15, -0.1) is 0 Å². The highest BCUT2D eigenvalue weighted by Gasteiger charge is 2.42. The Labute approximate surface area is 158 Å². The molecule has 2 N–H and O–H groups in total. The fraction of sp³-hybridized carbons (Fsp3) is 0.350. The largest absolute Gasteiger partial charge is 0.465 e. The first-order valence-electron chi connectivity index (χ1n) is 8.95. The lowest BCUT2D eigenvalue weighted by molar-refractivity contribution is 0.119. The van der Waals surface area contributed by atoms with Crippen molar-refractivity contribution in [2.75, 3.05) is 31.2 Å². The zero-order valence-corrected chi connectivity index (χ0v) is 15.9. The molecule has 0 saturated carbocycles. The number of carboxylic acid groups (broad SMARTS) is 1. The van der Waals surface area contributed by atoms with Crippen molar-refractivity contribution in [3.05, 3.63) is 48.0 Å². The number of nitrogens with one attached hydrogen (secondary N) is 1. The van der Waals surface area contributed by atoms with Crippen LogP contribution in [0.3, 0.4) is 0 Å². The Morgan fingerprint density at radius 1 is 1.07 bits per heavy atom. The van der Waals surface area contributed by atoms with Crippen LogP contribution >= 0.6 is 0 Å². The summed E-state index contributed by atoms with van der Waals surface area (Å²) in [5.41, 5.74) is 4.31. The number of likely N-dealkylation sites (tertiary alicyclic amines) is 1. The highest BCUT2D eigenvalue weighted by atomic mass is 32.2. The van der Waals surface area contributed by atoms with Crippen LogP contribution in [0.1, 0.15) is 18.4 Å². The fourth-order valence-electron chi connectivity index (χ4n) is 4.14. The van der Waals surface area contributed by atoms with Gasteiger partial charge in [-0.3, -0.25) is 0 Å². The molecule has 1 spiro atoms. The molecule has 2 aliphatic rings. The van der Waals surface area contributed by atoms with Crippen LogP contribution in [-0.2, 0) is 15.3 Å². The van der Waals surface area contributed by atoms with E-state index in [0.29, 0.717) is 18.0 Å². The number of piperidine rings is 1. The number of sulfone groups is 1. The summed E-state index contributed by atoms with van der Waals surface area (Å²) >= 11 is 0. The van der Waals surface area contributed by atoms with Crippen molar-refractivity contribution in [2.45, 2.75) is 23.2 Å². The van der Waals surface area contributed by atoms with Gasteiger partial charge in [-0.2, -0.15) is 0 Å². The van der Waals surface area contributed by atoms with Gasteiger partial charge in [0.2, 0.25) is 0 Å². The first-order valence-corrected chi connectivity index (χ1v) is 10.8. The van der Waals surface area contributed by atoms with Crippen molar-refractivity contribution in [3.8, 4) is 11.1 Å². The highest BCUT2D eigenvalue weighted by Crippen LogP contribution is 2.45. The van der Waals surface area contributed by atoms with Crippen molar-refractivity contribution < 1.29 is 18.3 Å². The van der Waals surface area contributed by atoms with E-state index in [1.165, 1.54) is 16.7 Å². The van der Waals surface area contributed by atoms with Crippen LogP contribution in [0.4, 0.5) is 10.5 Å².